The topological polar surface area (TPSA) is 92.7 Å². The van der Waals surface area contributed by atoms with Crippen LogP contribution in [0.2, 0.25) is 0 Å². The number of carbonyl (C=O) groups is 2. The van der Waals surface area contributed by atoms with E-state index in [0.29, 0.717) is 36.1 Å². The first-order chi connectivity index (χ1) is 20.0. The Morgan fingerprint density at radius 3 is 2.07 bits per heavy atom. The van der Waals surface area contributed by atoms with Gasteiger partial charge in [-0.1, -0.05) is 66.7 Å². The van der Waals surface area contributed by atoms with Gasteiger partial charge in [0.15, 0.2) is 17.4 Å². The molecule has 1 amide bonds. The summed E-state index contributed by atoms with van der Waals surface area (Å²) in [4.78, 5) is 35.8. The van der Waals surface area contributed by atoms with Crippen molar-refractivity contribution in [3.8, 4) is 11.5 Å². The number of guanidine groups is 1. The summed E-state index contributed by atoms with van der Waals surface area (Å²) < 4.78 is 16.1. The lowest BCUT2D eigenvalue weighted by Crippen LogP contribution is -2.57. The van der Waals surface area contributed by atoms with Crippen LogP contribution in [-0.4, -0.2) is 74.6 Å². The third-order valence-electron chi connectivity index (χ3n) is 7.59. The number of esters is 1. The molecular weight excluding hydrogens is 520 g/mol. The molecule has 0 spiro atoms. The number of nitrogens with zero attached hydrogens (tertiary/aromatic N) is 3. The molecule has 214 valence electrons. The molecule has 1 N–H and O–H groups in total. The zero-order valence-electron chi connectivity index (χ0n) is 23.7. The number of hydrogen-bond acceptors (Lipinski definition) is 8. The first kappa shape index (κ1) is 28.2. The normalized spacial score (nSPS) is 19.4. The van der Waals surface area contributed by atoms with Crippen molar-refractivity contribution in [2.45, 2.75) is 19.0 Å². The van der Waals surface area contributed by atoms with Crippen molar-refractivity contribution in [1.29, 1.82) is 0 Å². The average Bonchev–Trinajstić information content (AvgIpc) is 3.02. The summed E-state index contributed by atoms with van der Waals surface area (Å²) in [7, 11) is 3.10. The number of methoxy groups -OCH3 is 2. The standard InChI is InChI=1S/C32H36N4O5/c1-4-41-31(38)27-28(24-15-16-25(39-2)26(21-24)40-3)33-32(34-30(27)37)36-19-17-35(18-20-36)29(22-11-7-5-8-12-22)23-13-9-6-10-14-23/h5-16,21,27-29H,4,17-20H2,1-3H3,(H,33,34,37)/t27-,28-/m0/s1. The van der Waals surface area contributed by atoms with Crippen LogP contribution >= 0.6 is 0 Å². The molecule has 9 heteroatoms. The Bertz CT molecular complexity index is 1330. The van der Waals surface area contributed by atoms with E-state index in [0.717, 1.165) is 13.1 Å². The summed E-state index contributed by atoms with van der Waals surface area (Å²) in [6.45, 7) is 4.76. The molecule has 1 saturated heterocycles. The molecule has 0 unspecified atom stereocenters. The van der Waals surface area contributed by atoms with E-state index in [-0.39, 0.29) is 12.6 Å². The average molecular weight is 557 g/mol. The highest BCUT2D eigenvalue weighted by Gasteiger charge is 2.42. The number of piperazine rings is 1. The summed E-state index contributed by atoms with van der Waals surface area (Å²) in [5, 5.41) is 2.90. The van der Waals surface area contributed by atoms with E-state index in [1.54, 1.807) is 39.3 Å². The molecule has 41 heavy (non-hydrogen) atoms. The molecule has 3 aromatic rings. The minimum atomic E-state index is -1.11. The summed E-state index contributed by atoms with van der Waals surface area (Å²) in [5.41, 5.74) is 3.14. The van der Waals surface area contributed by atoms with Gasteiger partial charge in [0.25, 0.3) is 0 Å². The van der Waals surface area contributed by atoms with Crippen molar-refractivity contribution in [2.24, 2.45) is 10.9 Å². The molecule has 0 aliphatic carbocycles. The number of amides is 1. The molecule has 0 bridgehead atoms. The van der Waals surface area contributed by atoms with Crippen molar-refractivity contribution in [2.75, 3.05) is 47.0 Å². The largest absolute Gasteiger partial charge is 0.493 e. The lowest BCUT2D eigenvalue weighted by molar-refractivity contribution is -0.153. The van der Waals surface area contributed by atoms with Gasteiger partial charge < -0.3 is 19.1 Å². The second-order valence-corrected chi connectivity index (χ2v) is 9.98. The van der Waals surface area contributed by atoms with Gasteiger partial charge in [0.05, 0.1) is 26.9 Å². The first-order valence-corrected chi connectivity index (χ1v) is 13.9. The molecule has 3 aromatic carbocycles. The van der Waals surface area contributed by atoms with E-state index in [1.165, 1.54) is 11.1 Å². The van der Waals surface area contributed by atoms with Crippen molar-refractivity contribution >= 4 is 17.8 Å². The van der Waals surface area contributed by atoms with Gasteiger partial charge in [0.2, 0.25) is 11.9 Å². The predicted octanol–water partition coefficient (Wildman–Crippen LogP) is 3.82. The number of benzene rings is 3. The highest BCUT2D eigenvalue weighted by molar-refractivity contribution is 6.08. The zero-order valence-corrected chi connectivity index (χ0v) is 23.7. The fourth-order valence-electron chi connectivity index (χ4n) is 5.58. The van der Waals surface area contributed by atoms with Crippen LogP contribution in [-0.2, 0) is 14.3 Å². The Kier molecular flexibility index (Phi) is 8.84. The molecule has 0 saturated carbocycles. The molecule has 2 atom stereocenters. The van der Waals surface area contributed by atoms with Gasteiger partial charge in [-0.15, -0.1) is 0 Å². The van der Waals surface area contributed by atoms with Crippen LogP contribution in [0.15, 0.2) is 83.9 Å². The van der Waals surface area contributed by atoms with Gasteiger partial charge in [0, 0.05) is 26.2 Å². The minimum Gasteiger partial charge on any atom is -0.493 e. The molecule has 5 rings (SSSR count). The van der Waals surface area contributed by atoms with E-state index in [2.05, 4.69) is 63.6 Å². The van der Waals surface area contributed by atoms with Gasteiger partial charge in [0.1, 0.15) is 6.04 Å². The van der Waals surface area contributed by atoms with Crippen LogP contribution in [0.25, 0.3) is 0 Å². The van der Waals surface area contributed by atoms with Gasteiger partial charge in [-0.2, -0.15) is 0 Å². The number of hydrogen-bond donors (Lipinski definition) is 1. The smallest absolute Gasteiger partial charge is 0.321 e. The lowest BCUT2D eigenvalue weighted by Gasteiger charge is -2.42. The van der Waals surface area contributed by atoms with Crippen LogP contribution in [0.5, 0.6) is 11.5 Å². The molecule has 0 radical (unpaired) electrons. The van der Waals surface area contributed by atoms with Gasteiger partial charge in [-0.25, -0.2) is 4.99 Å². The van der Waals surface area contributed by atoms with Crippen molar-refractivity contribution in [1.82, 2.24) is 15.1 Å². The molecule has 2 heterocycles. The number of carbonyl (C=O) groups excluding carboxylic acids is 2. The molecule has 9 nitrogen and oxygen atoms in total. The fraction of sp³-hybridized carbons (Fsp3) is 0.344. The molecule has 2 aliphatic heterocycles. The summed E-state index contributed by atoms with van der Waals surface area (Å²) in [6.07, 6.45) is 0. The molecular formula is C32H36N4O5. The number of nitrogens with one attached hydrogen (secondary N) is 1. The molecule has 1 fully saturated rings. The van der Waals surface area contributed by atoms with Crippen LogP contribution in [0, 0.1) is 5.92 Å². The van der Waals surface area contributed by atoms with Crippen LogP contribution < -0.4 is 14.8 Å². The number of aliphatic imine (C=N–C) groups is 1. The van der Waals surface area contributed by atoms with Crippen LogP contribution in [0.4, 0.5) is 0 Å². The third-order valence-corrected chi connectivity index (χ3v) is 7.59. The monoisotopic (exact) mass is 556 g/mol. The second-order valence-electron chi connectivity index (χ2n) is 9.98. The van der Waals surface area contributed by atoms with E-state index in [4.69, 9.17) is 19.2 Å². The maximum Gasteiger partial charge on any atom is 0.321 e. The maximum atomic E-state index is 13.4. The van der Waals surface area contributed by atoms with E-state index in [9.17, 15) is 9.59 Å². The maximum absolute atomic E-state index is 13.4. The minimum absolute atomic E-state index is 0.121. The van der Waals surface area contributed by atoms with E-state index in [1.807, 2.05) is 12.1 Å². The molecule has 2 aliphatic rings. The predicted molar refractivity (Wildman–Crippen MR) is 156 cm³/mol. The Morgan fingerprint density at radius 2 is 1.51 bits per heavy atom. The van der Waals surface area contributed by atoms with Crippen molar-refractivity contribution in [3.05, 3.63) is 95.6 Å². The lowest BCUT2D eigenvalue weighted by atomic mass is 9.91. The second kappa shape index (κ2) is 12.9. The Balaban J connectivity index is 1.41. The van der Waals surface area contributed by atoms with Crippen LogP contribution in [0.1, 0.15) is 35.7 Å². The Hall–Kier alpha value is -4.37. The van der Waals surface area contributed by atoms with Gasteiger partial charge in [-0.3, -0.25) is 19.8 Å². The van der Waals surface area contributed by atoms with Crippen molar-refractivity contribution < 1.29 is 23.8 Å². The highest BCUT2D eigenvalue weighted by atomic mass is 16.5. The first-order valence-electron chi connectivity index (χ1n) is 13.9. The summed E-state index contributed by atoms with van der Waals surface area (Å²) in [5.74, 6) is -0.634. The van der Waals surface area contributed by atoms with E-state index >= 15 is 0 Å². The van der Waals surface area contributed by atoms with E-state index < -0.39 is 23.8 Å². The summed E-state index contributed by atoms with van der Waals surface area (Å²) in [6, 6.07) is 25.7. The Labute approximate surface area is 240 Å². The number of ether oxygens (including phenoxy) is 3. The fourth-order valence-corrected chi connectivity index (χ4v) is 5.58. The Morgan fingerprint density at radius 1 is 0.902 bits per heavy atom. The van der Waals surface area contributed by atoms with Gasteiger partial charge >= 0.3 is 5.97 Å². The SMILES string of the molecule is CCOC(=O)[C@@H]1C(=O)NC(N2CCN(C(c3ccccc3)c3ccccc3)CC2)=N[C@H]1c1ccc(OC)c(OC)c1. The quantitative estimate of drug-likeness (QED) is 0.333. The highest BCUT2D eigenvalue weighted by Crippen LogP contribution is 2.37. The number of rotatable bonds is 8. The molecule has 0 aromatic heterocycles. The summed E-state index contributed by atoms with van der Waals surface area (Å²) >= 11 is 0. The third kappa shape index (κ3) is 6.05. The van der Waals surface area contributed by atoms with Gasteiger partial charge in [-0.05, 0) is 35.7 Å². The van der Waals surface area contributed by atoms with Crippen molar-refractivity contribution in [3.63, 3.8) is 0 Å². The zero-order chi connectivity index (χ0) is 28.8. The van der Waals surface area contributed by atoms with Crippen LogP contribution in [0.3, 0.4) is 0 Å².